The summed E-state index contributed by atoms with van der Waals surface area (Å²) < 4.78 is 1.04. The smallest absolute Gasteiger partial charge is 0.262 e. The Morgan fingerprint density at radius 2 is 1.60 bits per heavy atom. The van der Waals surface area contributed by atoms with Crippen LogP contribution in [0.3, 0.4) is 0 Å². The molecule has 30 heavy (non-hydrogen) atoms. The quantitative estimate of drug-likeness (QED) is 0.583. The van der Waals surface area contributed by atoms with Gasteiger partial charge in [-0.25, -0.2) is 0 Å². The summed E-state index contributed by atoms with van der Waals surface area (Å²) >= 11 is 1.42. The Labute approximate surface area is 179 Å². The Bertz CT molecular complexity index is 1040. The third kappa shape index (κ3) is 4.28. The van der Waals surface area contributed by atoms with E-state index in [1.54, 1.807) is 24.3 Å². The normalized spacial score (nSPS) is 15.5. The second kappa shape index (κ2) is 8.79. The number of amides is 2. The van der Waals surface area contributed by atoms with Crippen LogP contribution in [0.2, 0.25) is 0 Å². The highest BCUT2D eigenvalue weighted by molar-refractivity contribution is 7.20. The summed E-state index contributed by atoms with van der Waals surface area (Å²) in [4.78, 5) is 39.1. The zero-order valence-corrected chi connectivity index (χ0v) is 17.5. The molecule has 2 aromatic carbocycles. The first-order valence-electron chi connectivity index (χ1n) is 10.3. The second-order valence-electron chi connectivity index (χ2n) is 7.72. The highest BCUT2D eigenvalue weighted by Crippen LogP contribution is 2.31. The molecule has 154 valence electrons. The van der Waals surface area contributed by atoms with Crippen LogP contribution in [0.4, 0.5) is 0 Å². The van der Waals surface area contributed by atoms with Gasteiger partial charge in [0.1, 0.15) is 5.54 Å². The fourth-order valence-electron chi connectivity index (χ4n) is 3.99. The summed E-state index contributed by atoms with van der Waals surface area (Å²) in [7, 11) is 0. The highest BCUT2D eigenvalue weighted by Gasteiger charge is 2.41. The SMILES string of the molecule is O=C(CNC(=O)C1(NC(=O)c2cc3ccccc3s2)CCCCC1)c1ccccc1. The van der Waals surface area contributed by atoms with Crippen LogP contribution in [-0.4, -0.2) is 29.7 Å². The molecule has 5 nitrogen and oxygen atoms in total. The molecule has 0 unspecified atom stereocenters. The lowest BCUT2D eigenvalue weighted by molar-refractivity contribution is -0.128. The summed E-state index contributed by atoms with van der Waals surface area (Å²) in [5.41, 5.74) is -0.410. The van der Waals surface area contributed by atoms with Crippen LogP contribution in [0, 0.1) is 0 Å². The van der Waals surface area contributed by atoms with Gasteiger partial charge in [0.25, 0.3) is 5.91 Å². The van der Waals surface area contributed by atoms with Gasteiger partial charge in [0.15, 0.2) is 5.78 Å². The molecule has 0 saturated heterocycles. The van der Waals surface area contributed by atoms with Crippen molar-refractivity contribution in [3.05, 3.63) is 71.1 Å². The minimum absolute atomic E-state index is 0.0800. The Balaban J connectivity index is 1.48. The molecule has 1 fully saturated rings. The number of benzene rings is 2. The van der Waals surface area contributed by atoms with Crippen molar-refractivity contribution < 1.29 is 14.4 Å². The van der Waals surface area contributed by atoms with Crippen molar-refractivity contribution in [3.63, 3.8) is 0 Å². The van der Waals surface area contributed by atoms with Crippen molar-refractivity contribution in [3.8, 4) is 0 Å². The van der Waals surface area contributed by atoms with Crippen LogP contribution in [0.5, 0.6) is 0 Å². The summed E-state index contributed by atoms with van der Waals surface area (Å²) in [5, 5.41) is 6.81. The third-order valence-electron chi connectivity index (χ3n) is 5.65. The molecule has 2 amide bonds. The number of carbonyl (C=O) groups is 3. The average molecular weight is 421 g/mol. The predicted octanol–water partition coefficient (Wildman–Crippen LogP) is 4.33. The van der Waals surface area contributed by atoms with Gasteiger partial charge < -0.3 is 10.6 Å². The van der Waals surface area contributed by atoms with Crippen LogP contribution in [0.1, 0.15) is 52.1 Å². The molecule has 2 N–H and O–H groups in total. The molecule has 6 heteroatoms. The zero-order chi connectivity index (χ0) is 21.0. The van der Waals surface area contributed by atoms with Crippen molar-refractivity contribution in [2.45, 2.75) is 37.6 Å². The van der Waals surface area contributed by atoms with Crippen LogP contribution >= 0.6 is 11.3 Å². The fraction of sp³-hybridized carbons (Fsp3) is 0.292. The van der Waals surface area contributed by atoms with Crippen molar-refractivity contribution in [1.82, 2.24) is 10.6 Å². The zero-order valence-electron chi connectivity index (χ0n) is 16.6. The first-order chi connectivity index (χ1) is 14.6. The molecule has 3 aromatic rings. The van der Waals surface area contributed by atoms with Crippen LogP contribution in [-0.2, 0) is 4.79 Å². The predicted molar refractivity (Wildman–Crippen MR) is 119 cm³/mol. The number of hydrogen-bond donors (Lipinski definition) is 2. The number of carbonyl (C=O) groups excluding carboxylic acids is 3. The monoisotopic (exact) mass is 420 g/mol. The highest BCUT2D eigenvalue weighted by atomic mass is 32.1. The van der Waals surface area contributed by atoms with Gasteiger partial charge >= 0.3 is 0 Å². The molecule has 0 radical (unpaired) electrons. The molecule has 1 heterocycles. The van der Waals surface area contributed by atoms with E-state index in [-0.39, 0.29) is 24.1 Å². The van der Waals surface area contributed by atoms with E-state index in [0.717, 1.165) is 29.3 Å². The lowest BCUT2D eigenvalue weighted by Gasteiger charge is -2.36. The van der Waals surface area contributed by atoms with Crippen molar-refractivity contribution >= 4 is 39.0 Å². The summed E-state index contributed by atoms with van der Waals surface area (Å²) in [6.07, 6.45) is 3.93. The lowest BCUT2D eigenvalue weighted by Crippen LogP contribution is -2.60. The number of fused-ring (bicyclic) bond motifs is 1. The standard InChI is InChI=1S/C24H24N2O3S/c27-19(17-9-3-1-4-10-17)16-25-23(29)24(13-7-2-8-14-24)26-22(28)21-15-18-11-5-6-12-20(18)30-21/h1,3-6,9-12,15H,2,7-8,13-14,16H2,(H,25,29)(H,26,28). The molecule has 0 spiro atoms. The molecule has 1 aliphatic rings. The van der Waals surface area contributed by atoms with Gasteiger partial charge in [-0.15, -0.1) is 11.3 Å². The van der Waals surface area contributed by atoms with Gasteiger partial charge in [0.05, 0.1) is 11.4 Å². The molecular weight excluding hydrogens is 396 g/mol. The van der Waals surface area contributed by atoms with Crippen molar-refractivity contribution in [1.29, 1.82) is 0 Å². The Morgan fingerprint density at radius 1 is 0.900 bits per heavy atom. The van der Waals surface area contributed by atoms with Crippen molar-refractivity contribution in [2.75, 3.05) is 6.54 Å². The first kappa shape index (κ1) is 20.3. The van der Waals surface area contributed by atoms with E-state index in [9.17, 15) is 14.4 Å². The van der Waals surface area contributed by atoms with E-state index < -0.39 is 5.54 Å². The Hall–Kier alpha value is -2.99. The average Bonchev–Trinajstić information content (AvgIpc) is 3.23. The molecule has 0 atom stereocenters. The van der Waals surface area contributed by atoms with Gasteiger partial charge in [-0.3, -0.25) is 14.4 Å². The van der Waals surface area contributed by atoms with Crippen LogP contribution < -0.4 is 10.6 Å². The molecule has 1 saturated carbocycles. The number of nitrogens with one attached hydrogen (secondary N) is 2. The minimum atomic E-state index is -0.970. The van der Waals surface area contributed by atoms with Crippen LogP contribution in [0.15, 0.2) is 60.7 Å². The lowest BCUT2D eigenvalue weighted by atomic mass is 9.80. The van der Waals surface area contributed by atoms with Crippen LogP contribution in [0.25, 0.3) is 10.1 Å². The Kier molecular flexibility index (Phi) is 5.95. The topological polar surface area (TPSA) is 75.3 Å². The molecule has 4 rings (SSSR count). The minimum Gasteiger partial charge on any atom is -0.347 e. The maximum atomic E-state index is 13.1. The number of Topliss-reactive ketones (excluding diaryl/α,β-unsaturated/α-hetero) is 1. The van der Waals surface area contributed by atoms with E-state index in [2.05, 4.69) is 10.6 Å². The number of thiophene rings is 1. The molecule has 1 aliphatic carbocycles. The summed E-state index contributed by atoms with van der Waals surface area (Å²) in [5.74, 6) is -0.658. The maximum Gasteiger partial charge on any atom is 0.262 e. The third-order valence-corrected chi connectivity index (χ3v) is 6.76. The van der Waals surface area contributed by atoms with Gasteiger partial charge in [0, 0.05) is 10.3 Å². The summed E-state index contributed by atoms with van der Waals surface area (Å²) in [6.45, 7) is -0.0800. The van der Waals surface area contributed by atoms with Gasteiger partial charge in [-0.05, 0) is 30.4 Å². The van der Waals surface area contributed by atoms with E-state index in [1.165, 1.54) is 11.3 Å². The maximum absolute atomic E-state index is 13.1. The number of rotatable bonds is 6. The number of ketones is 1. The number of hydrogen-bond acceptors (Lipinski definition) is 4. The Morgan fingerprint density at radius 3 is 2.33 bits per heavy atom. The first-order valence-corrected chi connectivity index (χ1v) is 11.1. The molecular formula is C24H24N2O3S. The fourth-order valence-corrected chi connectivity index (χ4v) is 4.95. The second-order valence-corrected chi connectivity index (χ2v) is 8.80. The van der Waals surface area contributed by atoms with Gasteiger partial charge in [-0.2, -0.15) is 0 Å². The van der Waals surface area contributed by atoms with E-state index >= 15 is 0 Å². The van der Waals surface area contributed by atoms with Crippen molar-refractivity contribution in [2.24, 2.45) is 0 Å². The largest absolute Gasteiger partial charge is 0.347 e. The molecule has 0 aliphatic heterocycles. The molecule has 1 aromatic heterocycles. The molecule has 0 bridgehead atoms. The van der Waals surface area contributed by atoms with Gasteiger partial charge in [-0.1, -0.05) is 67.8 Å². The summed E-state index contributed by atoms with van der Waals surface area (Å²) in [6, 6.07) is 18.6. The van der Waals surface area contributed by atoms with E-state index in [1.807, 2.05) is 36.4 Å². The van der Waals surface area contributed by atoms with E-state index in [0.29, 0.717) is 23.3 Å². The van der Waals surface area contributed by atoms with E-state index in [4.69, 9.17) is 0 Å². The van der Waals surface area contributed by atoms with Gasteiger partial charge in [0.2, 0.25) is 5.91 Å².